The van der Waals surface area contributed by atoms with Crippen molar-refractivity contribution >= 4 is 12.0 Å². The van der Waals surface area contributed by atoms with E-state index in [1.807, 2.05) is 54.6 Å². The van der Waals surface area contributed by atoms with Gasteiger partial charge < -0.3 is 10.1 Å². The zero-order chi connectivity index (χ0) is 15.8. The normalized spacial score (nSPS) is 12.1. The fraction of sp³-hybridized carbons (Fsp3) is 0.211. The van der Waals surface area contributed by atoms with Crippen LogP contribution in [0.15, 0.2) is 60.7 Å². The molecule has 0 aliphatic rings. The number of hydrogen-bond acceptors (Lipinski definition) is 2. The van der Waals surface area contributed by atoms with Gasteiger partial charge in [0.1, 0.15) is 5.75 Å². The lowest BCUT2D eigenvalue weighted by Gasteiger charge is -2.16. The Kier molecular flexibility index (Phi) is 5.78. The first-order chi connectivity index (χ1) is 10.7. The first-order valence-corrected chi connectivity index (χ1v) is 7.40. The van der Waals surface area contributed by atoms with Crippen molar-refractivity contribution in [3.63, 3.8) is 0 Å². The van der Waals surface area contributed by atoms with Gasteiger partial charge in [-0.15, -0.1) is 0 Å². The van der Waals surface area contributed by atoms with Crippen molar-refractivity contribution in [2.75, 3.05) is 7.11 Å². The van der Waals surface area contributed by atoms with Crippen LogP contribution >= 0.6 is 0 Å². The number of rotatable bonds is 6. The summed E-state index contributed by atoms with van der Waals surface area (Å²) in [5, 5.41) is 3.03. The molecule has 1 atom stereocenters. The summed E-state index contributed by atoms with van der Waals surface area (Å²) in [6.07, 6.45) is 4.21. The molecular weight excluding hydrogens is 274 g/mol. The molecule has 1 N–H and O–H groups in total. The third-order valence-corrected chi connectivity index (χ3v) is 3.47. The van der Waals surface area contributed by atoms with Gasteiger partial charge in [-0.05, 0) is 35.8 Å². The fourth-order valence-electron chi connectivity index (χ4n) is 2.21. The lowest BCUT2D eigenvalue weighted by Crippen LogP contribution is -2.26. The Labute approximate surface area is 131 Å². The van der Waals surface area contributed by atoms with Crippen LogP contribution in [0.3, 0.4) is 0 Å². The van der Waals surface area contributed by atoms with Crippen LogP contribution in [0.1, 0.15) is 30.5 Å². The maximum atomic E-state index is 12.1. The molecule has 0 aliphatic heterocycles. The highest BCUT2D eigenvalue weighted by molar-refractivity contribution is 5.92. The molecule has 0 bridgehead atoms. The molecule has 0 aromatic heterocycles. The topological polar surface area (TPSA) is 38.3 Å². The van der Waals surface area contributed by atoms with Crippen LogP contribution in [0.2, 0.25) is 0 Å². The Morgan fingerprint density at radius 2 is 1.82 bits per heavy atom. The number of amides is 1. The first-order valence-electron chi connectivity index (χ1n) is 7.40. The smallest absolute Gasteiger partial charge is 0.244 e. The van der Waals surface area contributed by atoms with E-state index in [1.165, 1.54) is 0 Å². The van der Waals surface area contributed by atoms with Crippen LogP contribution in [0.5, 0.6) is 5.75 Å². The molecule has 1 amide bonds. The minimum Gasteiger partial charge on any atom is -0.497 e. The van der Waals surface area contributed by atoms with E-state index < -0.39 is 0 Å². The molecule has 3 nitrogen and oxygen atoms in total. The van der Waals surface area contributed by atoms with E-state index in [-0.39, 0.29) is 11.9 Å². The summed E-state index contributed by atoms with van der Waals surface area (Å²) in [5.74, 6) is 0.711. The minimum atomic E-state index is -0.0912. The molecule has 3 heteroatoms. The molecule has 0 heterocycles. The highest BCUT2D eigenvalue weighted by Gasteiger charge is 2.10. The van der Waals surface area contributed by atoms with Gasteiger partial charge >= 0.3 is 0 Å². The number of ether oxygens (including phenoxy) is 1. The number of carbonyl (C=O) groups excluding carboxylic acids is 1. The zero-order valence-electron chi connectivity index (χ0n) is 13.0. The second-order valence-corrected chi connectivity index (χ2v) is 4.99. The molecule has 0 aliphatic carbocycles. The number of carbonyl (C=O) groups is 1. The third kappa shape index (κ3) is 4.48. The highest BCUT2D eigenvalue weighted by Crippen LogP contribution is 2.16. The predicted octanol–water partition coefficient (Wildman–Crippen LogP) is 3.98. The summed E-state index contributed by atoms with van der Waals surface area (Å²) in [6, 6.07) is 17.6. The van der Waals surface area contributed by atoms with Crippen molar-refractivity contribution in [2.45, 2.75) is 19.4 Å². The van der Waals surface area contributed by atoms with Crippen LogP contribution in [0.25, 0.3) is 6.08 Å². The lowest BCUT2D eigenvalue weighted by molar-refractivity contribution is -0.117. The van der Waals surface area contributed by atoms with Crippen LogP contribution in [0.4, 0.5) is 0 Å². The Morgan fingerprint density at radius 1 is 1.14 bits per heavy atom. The van der Waals surface area contributed by atoms with Gasteiger partial charge in [-0.3, -0.25) is 4.79 Å². The van der Waals surface area contributed by atoms with E-state index in [0.717, 1.165) is 23.3 Å². The van der Waals surface area contributed by atoms with Gasteiger partial charge in [0.05, 0.1) is 13.2 Å². The second kappa shape index (κ2) is 8.03. The van der Waals surface area contributed by atoms with Gasteiger partial charge in [-0.1, -0.05) is 49.4 Å². The van der Waals surface area contributed by atoms with Crippen molar-refractivity contribution in [3.8, 4) is 5.75 Å². The van der Waals surface area contributed by atoms with E-state index in [4.69, 9.17) is 4.74 Å². The average molecular weight is 295 g/mol. The molecule has 0 saturated heterocycles. The van der Waals surface area contributed by atoms with E-state index in [0.29, 0.717) is 0 Å². The monoisotopic (exact) mass is 295 g/mol. The first kappa shape index (κ1) is 15.8. The fourth-order valence-corrected chi connectivity index (χ4v) is 2.21. The van der Waals surface area contributed by atoms with Crippen molar-refractivity contribution in [1.82, 2.24) is 5.32 Å². The molecule has 0 radical (unpaired) electrons. The van der Waals surface area contributed by atoms with E-state index in [1.54, 1.807) is 19.3 Å². The summed E-state index contributed by atoms with van der Waals surface area (Å²) in [7, 11) is 1.63. The summed E-state index contributed by atoms with van der Waals surface area (Å²) in [5.41, 5.74) is 2.08. The van der Waals surface area contributed by atoms with Crippen molar-refractivity contribution in [2.24, 2.45) is 0 Å². The molecule has 0 unspecified atom stereocenters. The van der Waals surface area contributed by atoms with E-state index in [2.05, 4.69) is 12.2 Å². The van der Waals surface area contributed by atoms with Crippen molar-refractivity contribution in [1.29, 1.82) is 0 Å². The molecule has 0 spiro atoms. The lowest BCUT2D eigenvalue weighted by atomic mass is 10.0. The van der Waals surface area contributed by atoms with Gasteiger partial charge in [0.2, 0.25) is 5.91 Å². The Hall–Kier alpha value is -2.55. The molecular formula is C19H21NO2. The summed E-state index contributed by atoms with van der Waals surface area (Å²) < 4.78 is 5.11. The number of nitrogens with one attached hydrogen (secondary N) is 1. The third-order valence-electron chi connectivity index (χ3n) is 3.47. The molecule has 2 rings (SSSR count). The van der Waals surface area contributed by atoms with Gasteiger partial charge in [0.15, 0.2) is 0 Å². The molecule has 114 valence electrons. The maximum Gasteiger partial charge on any atom is 0.244 e. The van der Waals surface area contributed by atoms with Gasteiger partial charge in [0, 0.05) is 6.08 Å². The quantitative estimate of drug-likeness (QED) is 0.819. The van der Waals surface area contributed by atoms with Crippen molar-refractivity contribution in [3.05, 3.63) is 71.8 Å². The van der Waals surface area contributed by atoms with Gasteiger partial charge in [0.25, 0.3) is 0 Å². The van der Waals surface area contributed by atoms with Crippen LogP contribution in [-0.4, -0.2) is 13.0 Å². The van der Waals surface area contributed by atoms with Crippen LogP contribution in [0, 0.1) is 0 Å². The number of benzene rings is 2. The Balaban J connectivity index is 1.97. The summed E-state index contributed by atoms with van der Waals surface area (Å²) in [6.45, 7) is 2.06. The Morgan fingerprint density at radius 3 is 2.41 bits per heavy atom. The highest BCUT2D eigenvalue weighted by atomic mass is 16.5. The predicted molar refractivity (Wildman–Crippen MR) is 89.6 cm³/mol. The molecule has 2 aromatic rings. The number of hydrogen-bond donors (Lipinski definition) is 1. The standard InChI is InChI=1S/C19H21NO2/c1-3-18(16-7-5-4-6-8-16)20-19(21)14-11-15-9-12-17(22-2)13-10-15/h4-14,18H,3H2,1-2H3,(H,20,21)/b14-11+/t18-/m1/s1. The molecule has 0 saturated carbocycles. The molecule has 2 aromatic carbocycles. The number of methoxy groups -OCH3 is 1. The van der Waals surface area contributed by atoms with Crippen molar-refractivity contribution < 1.29 is 9.53 Å². The van der Waals surface area contributed by atoms with Gasteiger partial charge in [-0.2, -0.15) is 0 Å². The molecule has 22 heavy (non-hydrogen) atoms. The largest absolute Gasteiger partial charge is 0.497 e. The molecule has 0 fully saturated rings. The van der Waals surface area contributed by atoms with Crippen LogP contribution < -0.4 is 10.1 Å². The second-order valence-electron chi connectivity index (χ2n) is 4.99. The van der Waals surface area contributed by atoms with Gasteiger partial charge in [-0.25, -0.2) is 0 Å². The Bertz CT molecular complexity index is 618. The van der Waals surface area contributed by atoms with E-state index in [9.17, 15) is 4.79 Å². The van der Waals surface area contributed by atoms with E-state index >= 15 is 0 Å². The maximum absolute atomic E-state index is 12.1. The SMILES string of the molecule is CC[C@@H](NC(=O)/C=C/c1ccc(OC)cc1)c1ccccc1. The summed E-state index contributed by atoms with van der Waals surface area (Å²) in [4.78, 5) is 12.1. The summed E-state index contributed by atoms with van der Waals surface area (Å²) >= 11 is 0. The average Bonchev–Trinajstić information content (AvgIpc) is 2.59. The minimum absolute atomic E-state index is 0.0363. The van der Waals surface area contributed by atoms with Crippen LogP contribution in [-0.2, 0) is 4.79 Å². The zero-order valence-corrected chi connectivity index (χ0v) is 13.0.